The minimum atomic E-state index is -0.214. The average Bonchev–Trinajstić information content (AvgIpc) is 2.44. The van der Waals surface area contributed by atoms with E-state index in [1.54, 1.807) is 6.07 Å². The number of hydrogen-bond acceptors (Lipinski definition) is 5. The van der Waals surface area contributed by atoms with Gasteiger partial charge in [0.1, 0.15) is 0 Å². The summed E-state index contributed by atoms with van der Waals surface area (Å²) in [5, 5.41) is 23.2. The molecule has 1 aromatic carbocycles. The number of aliphatic hydroxyl groups is 1. The van der Waals surface area contributed by atoms with Crippen molar-refractivity contribution in [2.24, 2.45) is 0 Å². The zero-order valence-corrected chi connectivity index (χ0v) is 12.5. The van der Waals surface area contributed by atoms with Crippen molar-refractivity contribution < 1.29 is 14.9 Å². The Morgan fingerprint density at radius 3 is 2.68 bits per heavy atom. The van der Waals surface area contributed by atoms with Gasteiger partial charge in [0.25, 0.3) is 0 Å². The summed E-state index contributed by atoms with van der Waals surface area (Å²) in [6, 6.07) is 3.33. The van der Waals surface area contributed by atoms with Crippen LogP contribution in [0.15, 0.2) is 16.6 Å². The Morgan fingerprint density at radius 1 is 1.42 bits per heavy atom. The van der Waals surface area contributed by atoms with Gasteiger partial charge in [0.05, 0.1) is 19.8 Å². The van der Waals surface area contributed by atoms with Gasteiger partial charge in [0.2, 0.25) is 0 Å². The van der Waals surface area contributed by atoms with Gasteiger partial charge in [0, 0.05) is 36.2 Å². The number of aliphatic hydroxyl groups excluding tert-OH is 1. The van der Waals surface area contributed by atoms with Crippen molar-refractivity contribution in [2.45, 2.75) is 6.04 Å². The molecule has 1 aromatic rings. The summed E-state index contributed by atoms with van der Waals surface area (Å²) in [7, 11) is 1.52. The second-order valence-corrected chi connectivity index (χ2v) is 5.45. The molecular weight excluding hydrogens is 312 g/mol. The number of phenols is 1. The van der Waals surface area contributed by atoms with E-state index in [1.165, 1.54) is 7.11 Å². The molecule has 6 heteroatoms. The lowest BCUT2D eigenvalue weighted by Gasteiger charge is -2.34. The van der Waals surface area contributed by atoms with Crippen molar-refractivity contribution in [1.82, 2.24) is 10.2 Å². The Kier molecular flexibility index (Phi) is 5.04. The molecule has 5 nitrogen and oxygen atoms in total. The van der Waals surface area contributed by atoms with Crippen LogP contribution in [0.5, 0.6) is 11.5 Å². The van der Waals surface area contributed by atoms with E-state index in [4.69, 9.17) is 4.74 Å². The fraction of sp³-hybridized carbons (Fsp3) is 0.538. The summed E-state index contributed by atoms with van der Waals surface area (Å²) < 4.78 is 5.98. The number of benzene rings is 1. The summed E-state index contributed by atoms with van der Waals surface area (Å²) in [6.07, 6.45) is 0. The maximum atomic E-state index is 10.2. The van der Waals surface area contributed by atoms with E-state index < -0.39 is 0 Å². The quantitative estimate of drug-likeness (QED) is 0.771. The van der Waals surface area contributed by atoms with Crippen LogP contribution < -0.4 is 10.1 Å². The highest BCUT2D eigenvalue weighted by molar-refractivity contribution is 9.10. The number of aromatic hydroxyl groups is 1. The smallest absolute Gasteiger partial charge is 0.162 e. The summed E-state index contributed by atoms with van der Waals surface area (Å²) in [5.74, 6) is 0.515. The van der Waals surface area contributed by atoms with Crippen molar-refractivity contribution in [3.63, 3.8) is 0 Å². The molecular formula is C13H19BrN2O3. The van der Waals surface area contributed by atoms with Crippen molar-refractivity contribution in [1.29, 1.82) is 0 Å². The molecule has 0 amide bonds. The van der Waals surface area contributed by atoms with Gasteiger partial charge in [0.15, 0.2) is 11.5 Å². The van der Waals surface area contributed by atoms with Crippen LogP contribution in [-0.2, 0) is 0 Å². The summed E-state index contributed by atoms with van der Waals surface area (Å²) in [6.45, 7) is 3.44. The van der Waals surface area contributed by atoms with Crippen molar-refractivity contribution in [3.8, 4) is 11.5 Å². The number of hydrogen-bond donors (Lipinski definition) is 3. The van der Waals surface area contributed by atoms with Gasteiger partial charge in [-0.3, -0.25) is 4.90 Å². The highest BCUT2D eigenvalue weighted by Gasteiger charge is 2.25. The van der Waals surface area contributed by atoms with Gasteiger partial charge in [-0.1, -0.05) is 15.9 Å². The van der Waals surface area contributed by atoms with E-state index in [0.29, 0.717) is 11.3 Å². The van der Waals surface area contributed by atoms with E-state index in [-0.39, 0.29) is 18.4 Å². The Labute approximate surface area is 121 Å². The highest BCUT2D eigenvalue weighted by atomic mass is 79.9. The monoisotopic (exact) mass is 330 g/mol. The van der Waals surface area contributed by atoms with Gasteiger partial charge in [-0.15, -0.1) is 0 Å². The zero-order valence-electron chi connectivity index (χ0n) is 10.9. The molecule has 106 valence electrons. The molecule has 1 heterocycles. The number of halogens is 1. The highest BCUT2D eigenvalue weighted by Crippen LogP contribution is 2.38. The lowest BCUT2D eigenvalue weighted by Crippen LogP contribution is -2.46. The molecule has 1 saturated heterocycles. The third-order valence-electron chi connectivity index (χ3n) is 3.41. The first-order valence-corrected chi connectivity index (χ1v) is 7.08. The van der Waals surface area contributed by atoms with Crippen molar-refractivity contribution >= 4 is 15.9 Å². The fourth-order valence-corrected chi connectivity index (χ4v) is 2.86. The predicted molar refractivity (Wildman–Crippen MR) is 76.6 cm³/mol. The first kappa shape index (κ1) is 14.6. The third-order valence-corrected chi connectivity index (χ3v) is 3.87. The van der Waals surface area contributed by atoms with E-state index in [2.05, 4.69) is 26.1 Å². The van der Waals surface area contributed by atoms with E-state index in [1.807, 2.05) is 6.07 Å². The number of nitrogens with one attached hydrogen (secondary N) is 1. The van der Waals surface area contributed by atoms with Crippen LogP contribution in [0.4, 0.5) is 0 Å². The Hall–Kier alpha value is -0.820. The van der Waals surface area contributed by atoms with Crippen LogP contribution in [0.25, 0.3) is 0 Å². The molecule has 0 unspecified atom stereocenters. The van der Waals surface area contributed by atoms with Crippen LogP contribution in [0, 0.1) is 0 Å². The molecule has 0 aromatic heterocycles. The topological polar surface area (TPSA) is 65.0 Å². The summed E-state index contributed by atoms with van der Waals surface area (Å²) >= 11 is 3.41. The van der Waals surface area contributed by atoms with E-state index in [9.17, 15) is 10.2 Å². The summed E-state index contributed by atoms with van der Waals surface area (Å²) in [5.41, 5.74) is 0.690. The number of phenolic OH excluding ortho intramolecular Hbond substituents is 1. The van der Waals surface area contributed by atoms with Gasteiger partial charge in [-0.2, -0.15) is 0 Å². The molecule has 19 heavy (non-hydrogen) atoms. The van der Waals surface area contributed by atoms with Crippen LogP contribution in [-0.4, -0.2) is 55.0 Å². The minimum Gasteiger partial charge on any atom is -0.504 e. The normalized spacial score (nSPS) is 18.3. The first-order valence-electron chi connectivity index (χ1n) is 6.29. The predicted octanol–water partition coefficient (Wildman–Crippen LogP) is 1.10. The van der Waals surface area contributed by atoms with E-state index >= 15 is 0 Å². The molecule has 1 aliphatic rings. The lowest BCUT2D eigenvalue weighted by atomic mass is 10.0. The first-order chi connectivity index (χ1) is 9.17. The van der Waals surface area contributed by atoms with E-state index in [0.717, 1.165) is 30.7 Å². The molecule has 0 radical (unpaired) electrons. The minimum absolute atomic E-state index is 0.0346. The lowest BCUT2D eigenvalue weighted by molar-refractivity contribution is 0.108. The molecule has 3 N–H and O–H groups in total. The Balaban J connectivity index is 2.34. The molecule has 0 aliphatic carbocycles. The number of methoxy groups -OCH3 is 1. The molecule has 1 aliphatic heterocycles. The molecule has 0 spiro atoms. The van der Waals surface area contributed by atoms with Crippen LogP contribution in [0.3, 0.4) is 0 Å². The molecule has 2 rings (SSSR count). The maximum Gasteiger partial charge on any atom is 0.162 e. The van der Waals surface area contributed by atoms with Crippen molar-refractivity contribution in [3.05, 3.63) is 22.2 Å². The van der Waals surface area contributed by atoms with Crippen molar-refractivity contribution in [2.75, 3.05) is 39.9 Å². The van der Waals surface area contributed by atoms with Crippen LogP contribution >= 0.6 is 15.9 Å². The maximum absolute atomic E-state index is 10.2. The fourth-order valence-electron chi connectivity index (χ4n) is 2.41. The Morgan fingerprint density at radius 2 is 2.11 bits per heavy atom. The van der Waals surface area contributed by atoms with Crippen LogP contribution in [0.1, 0.15) is 11.6 Å². The standard InChI is InChI=1S/C13H19BrN2O3/c1-19-12-7-9(14)6-10(13(12)18)11(8-17)16-4-2-15-3-5-16/h6-7,11,15,17-18H,2-5,8H2,1H3/t11-/m0/s1. The number of piperazine rings is 1. The van der Waals surface area contributed by atoms with Gasteiger partial charge < -0.3 is 20.3 Å². The van der Waals surface area contributed by atoms with Gasteiger partial charge >= 0.3 is 0 Å². The molecule has 0 saturated carbocycles. The molecule has 1 fully saturated rings. The number of ether oxygens (including phenoxy) is 1. The van der Waals surface area contributed by atoms with Gasteiger partial charge in [-0.05, 0) is 12.1 Å². The SMILES string of the molecule is COc1cc(Br)cc([C@H](CO)N2CCNCC2)c1O. The van der Waals surface area contributed by atoms with Gasteiger partial charge in [-0.25, -0.2) is 0 Å². The second-order valence-electron chi connectivity index (χ2n) is 4.53. The molecule has 1 atom stereocenters. The number of rotatable bonds is 4. The summed E-state index contributed by atoms with van der Waals surface area (Å²) in [4.78, 5) is 2.16. The van der Waals surface area contributed by atoms with Crippen LogP contribution in [0.2, 0.25) is 0 Å². The number of nitrogens with zero attached hydrogens (tertiary/aromatic N) is 1. The molecule has 0 bridgehead atoms. The second kappa shape index (κ2) is 6.56. The Bertz CT molecular complexity index is 436. The zero-order chi connectivity index (χ0) is 13.8. The largest absolute Gasteiger partial charge is 0.504 e. The average molecular weight is 331 g/mol. The third kappa shape index (κ3) is 3.20.